The highest BCUT2D eigenvalue weighted by molar-refractivity contribution is 5.70. The van der Waals surface area contributed by atoms with Gasteiger partial charge >= 0.3 is 5.97 Å². The van der Waals surface area contributed by atoms with Crippen molar-refractivity contribution in [3.8, 4) is 0 Å². The Kier molecular flexibility index (Phi) is 6.94. The van der Waals surface area contributed by atoms with Gasteiger partial charge in [-0.25, -0.2) is 0 Å². The molecular weight excluding hydrogens is 468 g/mol. The molecule has 3 aromatic rings. The molecule has 3 aromatic carbocycles. The van der Waals surface area contributed by atoms with Gasteiger partial charge in [0.25, 0.3) is 0 Å². The van der Waals surface area contributed by atoms with Crippen molar-refractivity contribution in [1.29, 1.82) is 0 Å². The lowest BCUT2D eigenvalue weighted by Crippen LogP contribution is -2.71. The minimum atomic E-state index is -1.45. The van der Waals surface area contributed by atoms with Crippen LogP contribution in [0.15, 0.2) is 91.0 Å². The van der Waals surface area contributed by atoms with Crippen molar-refractivity contribution in [2.75, 3.05) is 13.2 Å². The molecule has 5 rings (SSSR count). The van der Waals surface area contributed by atoms with Crippen LogP contribution in [0.5, 0.6) is 0 Å². The van der Waals surface area contributed by atoms with E-state index < -0.39 is 35.1 Å². The first kappa shape index (κ1) is 25.6. The molecule has 0 bridgehead atoms. The lowest BCUT2D eigenvalue weighted by Gasteiger charge is -2.53. The SMILES string of the molecule is CCOC(=O)C[C@H]1[C@H]2OC(C)(C)O[C@@H]2[C@]1(O)COC(c1ccccc1)(c1ccccc1)c1ccccc1. The fourth-order valence-electron chi connectivity index (χ4n) is 5.72. The summed E-state index contributed by atoms with van der Waals surface area (Å²) in [5.74, 6) is -1.78. The Morgan fingerprint density at radius 3 is 1.81 bits per heavy atom. The Morgan fingerprint density at radius 1 is 0.865 bits per heavy atom. The number of esters is 1. The quantitative estimate of drug-likeness (QED) is 0.334. The third kappa shape index (κ3) is 4.59. The van der Waals surface area contributed by atoms with Gasteiger partial charge in [-0.15, -0.1) is 0 Å². The number of carbonyl (C=O) groups excluding carboxylic acids is 1. The molecule has 2 fully saturated rings. The van der Waals surface area contributed by atoms with Gasteiger partial charge in [-0.3, -0.25) is 4.79 Å². The summed E-state index contributed by atoms with van der Waals surface area (Å²) < 4.78 is 24.3. The third-order valence-corrected chi connectivity index (χ3v) is 7.41. The predicted octanol–water partition coefficient (Wildman–Crippen LogP) is 4.83. The molecule has 1 aliphatic heterocycles. The van der Waals surface area contributed by atoms with Crippen LogP contribution in [0.3, 0.4) is 0 Å². The largest absolute Gasteiger partial charge is 0.466 e. The van der Waals surface area contributed by atoms with E-state index in [4.69, 9.17) is 18.9 Å². The van der Waals surface area contributed by atoms with E-state index in [0.29, 0.717) is 0 Å². The van der Waals surface area contributed by atoms with Crippen LogP contribution in [0, 0.1) is 5.92 Å². The van der Waals surface area contributed by atoms with Crippen LogP contribution < -0.4 is 0 Å². The number of benzene rings is 3. The van der Waals surface area contributed by atoms with Gasteiger partial charge in [0.05, 0.1) is 25.7 Å². The Morgan fingerprint density at radius 2 is 1.35 bits per heavy atom. The van der Waals surface area contributed by atoms with Crippen molar-refractivity contribution in [3.05, 3.63) is 108 Å². The van der Waals surface area contributed by atoms with Gasteiger partial charge in [-0.05, 0) is 37.5 Å². The van der Waals surface area contributed by atoms with E-state index in [-0.39, 0.29) is 25.6 Å². The van der Waals surface area contributed by atoms with Crippen LogP contribution in [-0.2, 0) is 29.3 Å². The van der Waals surface area contributed by atoms with E-state index in [1.165, 1.54) is 0 Å². The highest BCUT2D eigenvalue weighted by Crippen LogP contribution is 2.53. The van der Waals surface area contributed by atoms with E-state index >= 15 is 0 Å². The molecule has 0 radical (unpaired) electrons. The summed E-state index contributed by atoms with van der Waals surface area (Å²) in [5.41, 5.74) is 0.330. The topological polar surface area (TPSA) is 74.2 Å². The zero-order valence-electron chi connectivity index (χ0n) is 21.5. The van der Waals surface area contributed by atoms with Crippen LogP contribution in [0.1, 0.15) is 43.9 Å². The van der Waals surface area contributed by atoms with Crippen molar-refractivity contribution in [2.45, 2.75) is 56.4 Å². The molecule has 0 unspecified atom stereocenters. The van der Waals surface area contributed by atoms with Gasteiger partial charge in [-0.1, -0.05) is 91.0 Å². The second-order valence-electron chi connectivity index (χ2n) is 10.2. The standard InChI is InChI=1S/C31H34O6/c1-4-34-26(32)20-25-27-28(37-29(2,3)36-27)30(25,33)21-35-31(22-14-8-5-9-15-22,23-16-10-6-11-17-23)24-18-12-7-13-19-24/h5-19,25,27-28,33H,4,20-21H2,1-3H3/t25-,27+,28-,30-/m0/s1. The molecule has 6 heteroatoms. The van der Waals surface area contributed by atoms with Gasteiger partial charge in [0.2, 0.25) is 0 Å². The van der Waals surface area contributed by atoms with E-state index in [2.05, 4.69) is 0 Å². The summed E-state index contributed by atoms with van der Waals surface area (Å²) in [5, 5.41) is 12.1. The fourth-order valence-corrected chi connectivity index (χ4v) is 5.72. The highest BCUT2D eigenvalue weighted by Gasteiger charge is 2.69. The van der Waals surface area contributed by atoms with Gasteiger partial charge in [0.15, 0.2) is 5.79 Å². The average molecular weight is 503 g/mol. The second kappa shape index (κ2) is 10.0. The van der Waals surface area contributed by atoms with Crippen LogP contribution >= 0.6 is 0 Å². The lowest BCUT2D eigenvalue weighted by atomic mass is 9.63. The molecule has 1 saturated heterocycles. The monoisotopic (exact) mass is 502 g/mol. The molecule has 2 aliphatic rings. The second-order valence-corrected chi connectivity index (χ2v) is 10.2. The molecule has 1 saturated carbocycles. The Labute approximate surface area is 218 Å². The summed E-state index contributed by atoms with van der Waals surface area (Å²) >= 11 is 0. The first-order valence-corrected chi connectivity index (χ1v) is 12.8. The fraction of sp³-hybridized carbons (Fsp3) is 0.387. The molecular formula is C31H34O6. The van der Waals surface area contributed by atoms with Gasteiger partial charge in [-0.2, -0.15) is 0 Å². The van der Waals surface area contributed by atoms with Crippen LogP contribution in [0.25, 0.3) is 0 Å². The normalized spacial score (nSPS) is 26.2. The highest BCUT2D eigenvalue weighted by atomic mass is 16.8. The maximum absolute atomic E-state index is 12.5. The average Bonchev–Trinajstić information content (AvgIpc) is 3.22. The molecule has 0 aromatic heterocycles. The number of hydrogen-bond acceptors (Lipinski definition) is 6. The van der Waals surface area contributed by atoms with Crippen LogP contribution in [0.2, 0.25) is 0 Å². The molecule has 194 valence electrons. The Balaban J connectivity index is 1.56. The summed E-state index contributed by atoms with van der Waals surface area (Å²) in [6, 6.07) is 30.0. The lowest BCUT2D eigenvalue weighted by molar-refractivity contribution is -0.251. The summed E-state index contributed by atoms with van der Waals surface area (Å²) in [6.07, 6.45) is -1.03. The number of aliphatic hydroxyl groups is 1. The number of fused-ring (bicyclic) bond motifs is 1. The molecule has 4 atom stereocenters. The van der Waals surface area contributed by atoms with Gasteiger partial charge in [0, 0.05) is 5.92 Å². The number of rotatable bonds is 9. The van der Waals surface area contributed by atoms with Crippen LogP contribution in [-0.4, -0.2) is 47.9 Å². The minimum Gasteiger partial charge on any atom is -0.466 e. The van der Waals surface area contributed by atoms with Crippen molar-refractivity contribution < 1.29 is 28.8 Å². The first-order valence-electron chi connectivity index (χ1n) is 12.8. The number of ether oxygens (including phenoxy) is 4. The van der Waals surface area contributed by atoms with Crippen molar-refractivity contribution in [1.82, 2.24) is 0 Å². The summed E-state index contributed by atoms with van der Waals surface area (Å²) in [4.78, 5) is 12.5. The number of carbonyl (C=O) groups is 1. The Bertz CT molecular complexity index is 1100. The summed E-state index contributed by atoms with van der Waals surface area (Å²) in [6.45, 7) is 5.60. The van der Waals surface area contributed by atoms with Crippen molar-refractivity contribution in [2.24, 2.45) is 5.92 Å². The first-order chi connectivity index (χ1) is 17.8. The predicted molar refractivity (Wildman–Crippen MR) is 139 cm³/mol. The smallest absolute Gasteiger partial charge is 0.306 e. The molecule has 0 spiro atoms. The molecule has 0 amide bonds. The van der Waals surface area contributed by atoms with Crippen molar-refractivity contribution >= 4 is 5.97 Å². The molecule has 1 N–H and O–H groups in total. The zero-order chi connectivity index (χ0) is 26.1. The van der Waals surface area contributed by atoms with E-state index in [0.717, 1.165) is 16.7 Å². The number of hydrogen-bond donors (Lipinski definition) is 1. The van der Waals surface area contributed by atoms with Gasteiger partial charge in [0.1, 0.15) is 17.3 Å². The summed E-state index contributed by atoms with van der Waals surface area (Å²) in [7, 11) is 0. The molecule has 37 heavy (non-hydrogen) atoms. The molecule has 1 aliphatic carbocycles. The molecule has 6 nitrogen and oxygen atoms in total. The van der Waals surface area contributed by atoms with Gasteiger partial charge < -0.3 is 24.1 Å². The van der Waals surface area contributed by atoms with E-state index in [1.54, 1.807) is 6.92 Å². The van der Waals surface area contributed by atoms with Crippen LogP contribution in [0.4, 0.5) is 0 Å². The maximum Gasteiger partial charge on any atom is 0.306 e. The zero-order valence-corrected chi connectivity index (χ0v) is 21.5. The van der Waals surface area contributed by atoms with Crippen molar-refractivity contribution in [3.63, 3.8) is 0 Å². The maximum atomic E-state index is 12.5. The third-order valence-electron chi connectivity index (χ3n) is 7.41. The Hall–Kier alpha value is -3.03. The van der Waals surface area contributed by atoms with E-state index in [9.17, 15) is 9.90 Å². The minimum absolute atomic E-state index is 0.0172. The van der Waals surface area contributed by atoms with E-state index in [1.807, 2.05) is 105 Å². The molecule has 1 heterocycles.